The first-order valence-corrected chi connectivity index (χ1v) is 10.6. The number of hydrogen-bond donors (Lipinski definition) is 1. The van der Waals surface area contributed by atoms with Gasteiger partial charge in [-0.05, 0) is 32.0 Å². The monoisotopic (exact) mass is 458 g/mol. The van der Waals surface area contributed by atoms with E-state index >= 15 is 0 Å². The molecule has 0 spiro atoms. The Bertz CT molecular complexity index is 1020. The molecule has 0 radical (unpaired) electrons. The minimum Gasteiger partial charge on any atom is -0.473 e. The van der Waals surface area contributed by atoms with E-state index in [0.717, 1.165) is 0 Å². The zero-order valence-corrected chi connectivity index (χ0v) is 19.0. The number of carbonyl (C=O) groups excluding carboxylic acids is 1. The number of anilines is 3. The molecule has 1 N–H and O–H groups in total. The predicted octanol–water partition coefficient (Wildman–Crippen LogP) is 3.62. The first-order valence-electron chi connectivity index (χ1n) is 10.6. The van der Waals surface area contributed by atoms with Gasteiger partial charge in [0.1, 0.15) is 24.3 Å². The lowest BCUT2D eigenvalue weighted by atomic mass is 10.1. The van der Waals surface area contributed by atoms with E-state index < -0.39 is 12.0 Å². The van der Waals surface area contributed by atoms with Crippen molar-refractivity contribution < 1.29 is 23.5 Å². The second-order valence-electron chi connectivity index (χ2n) is 7.95. The van der Waals surface area contributed by atoms with E-state index in [2.05, 4.69) is 15.3 Å². The van der Waals surface area contributed by atoms with Gasteiger partial charge in [-0.2, -0.15) is 5.26 Å². The molecule has 0 atom stereocenters. The van der Waals surface area contributed by atoms with Gasteiger partial charge < -0.3 is 24.5 Å². The highest BCUT2D eigenvalue weighted by molar-refractivity contribution is 5.67. The number of benzene rings is 1. The summed E-state index contributed by atoms with van der Waals surface area (Å²) in [5.41, 5.74) is 0.964. The molecule has 3 rings (SSSR count). The van der Waals surface area contributed by atoms with Crippen LogP contribution in [0, 0.1) is 17.1 Å². The molecule has 1 aliphatic heterocycles. The largest absolute Gasteiger partial charge is 0.528 e. The summed E-state index contributed by atoms with van der Waals surface area (Å²) in [5.74, 6) is -0.218. The summed E-state index contributed by atoms with van der Waals surface area (Å²) in [7, 11) is 3.63. The third-order valence-corrected chi connectivity index (χ3v) is 4.86. The standard InChI is InChI=1S/C22H27FN6O4/c1-14(2)31-22(30)33-29-9-7-16(8-10-29)32-21-17(12-24)20(25-13-26-21)27-19-6-5-15(28(3)4)11-18(19)23/h5-6,11,13-14,16H,7-10H2,1-4H3,(H,25,26,27). The normalized spacial score (nSPS) is 14.5. The van der Waals surface area contributed by atoms with Crippen LogP contribution >= 0.6 is 0 Å². The van der Waals surface area contributed by atoms with Crippen molar-refractivity contribution in [3.63, 3.8) is 0 Å². The smallest absolute Gasteiger partial charge is 0.473 e. The summed E-state index contributed by atoms with van der Waals surface area (Å²) in [4.78, 5) is 26.8. The Morgan fingerprint density at radius 3 is 2.64 bits per heavy atom. The van der Waals surface area contributed by atoms with Crippen molar-refractivity contribution in [3.8, 4) is 11.9 Å². The lowest BCUT2D eigenvalue weighted by Gasteiger charge is -2.30. The second kappa shape index (κ2) is 10.8. The molecule has 11 heteroatoms. The SMILES string of the molecule is CC(C)OC(=O)ON1CCC(Oc2ncnc(Nc3ccc(N(C)C)cc3F)c2C#N)CC1. The van der Waals surface area contributed by atoms with Crippen molar-refractivity contribution >= 4 is 23.3 Å². The first kappa shape index (κ1) is 24.0. The lowest BCUT2D eigenvalue weighted by Crippen LogP contribution is -2.40. The quantitative estimate of drug-likeness (QED) is 0.617. The summed E-state index contributed by atoms with van der Waals surface area (Å²) in [6.45, 7) is 4.37. The molecular weight excluding hydrogens is 431 g/mol. The maximum atomic E-state index is 14.5. The van der Waals surface area contributed by atoms with Gasteiger partial charge in [-0.3, -0.25) is 0 Å². The molecule has 1 saturated heterocycles. The van der Waals surface area contributed by atoms with Gasteiger partial charge in [0, 0.05) is 45.7 Å². The fourth-order valence-electron chi connectivity index (χ4n) is 3.18. The van der Waals surface area contributed by atoms with Crippen molar-refractivity contribution in [2.75, 3.05) is 37.4 Å². The molecule has 0 unspecified atom stereocenters. The van der Waals surface area contributed by atoms with Crippen LogP contribution in [0.3, 0.4) is 0 Å². The molecule has 1 aromatic carbocycles. The molecule has 0 bridgehead atoms. The van der Waals surface area contributed by atoms with Crippen LogP contribution < -0.4 is 15.0 Å². The summed E-state index contributed by atoms with van der Waals surface area (Å²) < 4.78 is 25.4. The maximum Gasteiger partial charge on any atom is 0.528 e. The van der Waals surface area contributed by atoms with Gasteiger partial charge in [-0.15, -0.1) is 5.06 Å². The fourth-order valence-corrected chi connectivity index (χ4v) is 3.18. The minimum absolute atomic E-state index is 0.0766. The van der Waals surface area contributed by atoms with E-state index in [4.69, 9.17) is 14.3 Å². The Balaban J connectivity index is 1.64. The average molecular weight is 458 g/mol. The van der Waals surface area contributed by atoms with E-state index in [1.807, 2.05) is 20.2 Å². The van der Waals surface area contributed by atoms with Crippen LogP contribution in [0.4, 0.5) is 26.4 Å². The molecule has 0 saturated carbocycles. The molecule has 2 heterocycles. The van der Waals surface area contributed by atoms with Crippen molar-refractivity contribution in [3.05, 3.63) is 35.9 Å². The van der Waals surface area contributed by atoms with Gasteiger partial charge in [0.2, 0.25) is 5.88 Å². The summed E-state index contributed by atoms with van der Waals surface area (Å²) >= 11 is 0. The number of hydrogen-bond acceptors (Lipinski definition) is 10. The van der Waals surface area contributed by atoms with Crippen molar-refractivity contribution in [1.29, 1.82) is 5.26 Å². The van der Waals surface area contributed by atoms with Crippen LogP contribution in [0.1, 0.15) is 32.3 Å². The van der Waals surface area contributed by atoms with Gasteiger partial charge in [0.05, 0.1) is 11.8 Å². The third kappa shape index (κ3) is 6.43. The Kier molecular flexibility index (Phi) is 7.84. The van der Waals surface area contributed by atoms with Gasteiger partial charge >= 0.3 is 6.16 Å². The molecule has 0 aliphatic carbocycles. The Hall–Kier alpha value is -3.65. The molecule has 2 aromatic rings. The van der Waals surface area contributed by atoms with Gasteiger partial charge in [-0.1, -0.05) is 0 Å². The van der Waals surface area contributed by atoms with Crippen LogP contribution in [0.25, 0.3) is 0 Å². The van der Waals surface area contributed by atoms with E-state index in [0.29, 0.717) is 31.6 Å². The number of carbonyl (C=O) groups is 1. The number of nitrogens with zero attached hydrogens (tertiary/aromatic N) is 5. The van der Waals surface area contributed by atoms with E-state index in [-0.39, 0.29) is 35.2 Å². The molecule has 1 aromatic heterocycles. The van der Waals surface area contributed by atoms with E-state index in [9.17, 15) is 14.4 Å². The fraction of sp³-hybridized carbons (Fsp3) is 0.455. The van der Waals surface area contributed by atoms with Gasteiger partial charge in [-0.25, -0.2) is 19.2 Å². The zero-order valence-electron chi connectivity index (χ0n) is 19.0. The topological polar surface area (TPSA) is 113 Å². The Labute approximate surface area is 191 Å². The molecule has 33 heavy (non-hydrogen) atoms. The highest BCUT2D eigenvalue weighted by atomic mass is 19.1. The molecule has 176 valence electrons. The highest BCUT2D eigenvalue weighted by Gasteiger charge is 2.26. The third-order valence-electron chi connectivity index (χ3n) is 4.86. The molecule has 10 nitrogen and oxygen atoms in total. The van der Waals surface area contributed by atoms with Crippen LogP contribution in [0.5, 0.6) is 5.88 Å². The number of halogens is 1. The second-order valence-corrected chi connectivity index (χ2v) is 7.95. The number of piperidine rings is 1. The molecular formula is C22H27FN6O4. The first-order chi connectivity index (χ1) is 15.8. The summed E-state index contributed by atoms with van der Waals surface area (Å²) in [6.07, 6.45) is 1.11. The number of ether oxygens (including phenoxy) is 2. The number of nitrogens with one attached hydrogen (secondary N) is 1. The van der Waals surface area contributed by atoms with Crippen LogP contribution in [0.2, 0.25) is 0 Å². The number of aromatic nitrogens is 2. The summed E-state index contributed by atoms with van der Waals surface area (Å²) in [6, 6.07) is 6.76. The van der Waals surface area contributed by atoms with Gasteiger partial charge in [0.15, 0.2) is 11.4 Å². The van der Waals surface area contributed by atoms with Crippen molar-refractivity contribution in [1.82, 2.24) is 15.0 Å². The van der Waals surface area contributed by atoms with E-state index in [1.165, 1.54) is 17.5 Å². The van der Waals surface area contributed by atoms with Crippen molar-refractivity contribution in [2.45, 2.75) is 38.9 Å². The number of nitriles is 1. The number of rotatable bonds is 7. The predicted molar refractivity (Wildman–Crippen MR) is 119 cm³/mol. The maximum absolute atomic E-state index is 14.5. The zero-order chi connectivity index (χ0) is 24.0. The molecule has 0 amide bonds. The average Bonchev–Trinajstić information content (AvgIpc) is 2.76. The van der Waals surface area contributed by atoms with Crippen LogP contribution in [0.15, 0.2) is 24.5 Å². The molecule has 1 fully saturated rings. The molecule has 1 aliphatic rings. The lowest BCUT2D eigenvalue weighted by molar-refractivity contribution is -0.151. The van der Waals surface area contributed by atoms with E-state index in [1.54, 1.807) is 30.9 Å². The van der Waals surface area contributed by atoms with Crippen molar-refractivity contribution in [2.24, 2.45) is 0 Å². The van der Waals surface area contributed by atoms with Gasteiger partial charge in [0.25, 0.3) is 0 Å². The van der Waals surface area contributed by atoms with Crippen LogP contribution in [-0.2, 0) is 9.57 Å². The minimum atomic E-state index is -0.742. The van der Waals surface area contributed by atoms with Crippen LogP contribution in [-0.4, -0.2) is 60.6 Å². The Morgan fingerprint density at radius 2 is 2.03 bits per heavy atom. The highest BCUT2D eigenvalue weighted by Crippen LogP contribution is 2.29. The Morgan fingerprint density at radius 1 is 1.30 bits per heavy atom. The summed E-state index contributed by atoms with van der Waals surface area (Å²) in [5, 5.41) is 14.0. The number of hydroxylamine groups is 2.